The third kappa shape index (κ3) is 5.56. The van der Waals surface area contributed by atoms with Gasteiger partial charge >= 0.3 is 0 Å². The van der Waals surface area contributed by atoms with E-state index in [9.17, 15) is 4.79 Å². The number of carbonyl (C=O) groups is 1. The molecule has 7 nitrogen and oxygen atoms in total. The maximum absolute atomic E-state index is 13.1. The summed E-state index contributed by atoms with van der Waals surface area (Å²) in [7, 11) is 0. The van der Waals surface area contributed by atoms with Gasteiger partial charge in [0.15, 0.2) is 0 Å². The highest BCUT2D eigenvalue weighted by Gasteiger charge is 2.16. The summed E-state index contributed by atoms with van der Waals surface area (Å²) in [6, 6.07) is 17.3. The molecule has 1 amide bonds. The van der Waals surface area contributed by atoms with Gasteiger partial charge in [-0.15, -0.1) is 5.10 Å². The molecule has 0 spiro atoms. The number of aryl methyl sites for hydroxylation is 2. The van der Waals surface area contributed by atoms with E-state index >= 15 is 0 Å². The Morgan fingerprint density at radius 3 is 2.65 bits per heavy atom. The van der Waals surface area contributed by atoms with Crippen molar-refractivity contribution in [3.8, 4) is 5.75 Å². The first-order valence-electron chi connectivity index (χ1n) is 11.3. The minimum Gasteiger partial charge on any atom is -0.491 e. The molecule has 0 radical (unpaired) electrons. The summed E-state index contributed by atoms with van der Waals surface area (Å²) < 4.78 is 7.53. The molecule has 2 heterocycles. The fourth-order valence-corrected chi connectivity index (χ4v) is 4.53. The Bertz CT molecular complexity index is 1320. The van der Waals surface area contributed by atoms with Gasteiger partial charge in [0.1, 0.15) is 5.75 Å². The summed E-state index contributed by atoms with van der Waals surface area (Å²) in [6.45, 7) is 9.89. The number of rotatable bonds is 8. The average Bonchev–Trinajstić information content (AvgIpc) is 3.21. The first kappa shape index (κ1) is 23.8. The molecule has 2 aromatic carbocycles. The van der Waals surface area contributed by atoms with E-state index in [1.54, 1.807) is 4.52 Å². The lowest BCUT2D eigenvalue weighted by molar-refractivity contribution is 0.0939. The van der Waals surface area contributed by atoms with Crippen LogP contribution < -0.4 is 10.1 Å². The maximum atomic E-state index is 13.1. The van der Waals surface area contributed by atoms with E-state index in [0.29, 0.717) is 22.3 Å². The van der Waals surface area contributed by atoms with Crippen LogP contribution in [0.3, 0.4) is 0 Å². The van der Waals surface area contributed by atoms with Gasteiger partial charge in [0.2, 0.25) is 5.16 Å². The van der Waals surface area contributed by atoms with Gasteiger partial charge in [-0.3, -0.25) is 4.79 Å². The Labute approximate surface area is 204 Å². The van der Waals surface area contributed by atoms with Gasteiger partial charge in [0.05, 0.1) is 12.1 Å². The average molecular weight is 476 g/mol. The molecule has 0 saturated carbocycles. The highest BCUT2D eigenvalue weighted by molar-refractivity contribution is 7.98. The quantitative estimate of drug-likeness (QED) is 0.348. The molecule has 176 valence electrons. The zero-order chi connectivity index (χ0) is 24.2. The second-order valence-electron chi connectivity index (χ2n) is 8.53. The van der Waals surface area contributed by atoms with Gasteiger partial charge in [-0.1, -0.05) is 42.1 Å². The third-order valence-electron chi connectivity index (χ3n) is 5.30. The molecule has 1 unspecified atom stereocenters. The number of hydrogen-bond donors (Lipinski definition) is 1. The molecule has 0 aliphatic heterocycles. The zero-order valence-corrected chi connectivity index (χ0v) is 20.9. The molecule has 4 aromatic rings. The molecule has 0 fully saturated rings. The van der Waals surface area contributed by atoms with Crippen LogP contribution in [0, 0.1) is 13.8 Å². The van der Waals surface area contributed by atoms with E-state index in [2.05, 4.69) is 20.4 Å². The van der Waals surface area contributed by atoms with E-state index < -0.39 is 0 Å². The van der Waals surface area contributed by atoms with Crippen LogP contribution in [0.2, 0.25) is 0 Å². The molecule has 2 aromatic heterocycles. The molecule has 1 atom stereocenters. The van der Waals surface area contributed by atoms with Crippen molar-refractivity contribution >= 4 is 23.4 Å². The lowest BCUT2D eigenvalue weighted by Gasteiger charge is -2.17. The number of carbonyl (C=O) groups excluding carboxylic acids is 1. The number of hydrogen-bond acceptors (Lipinski definition) is 6. The number of nitrogens with zero attached hydrogens (tertiary/aromatic N) is 4. The highest BCUT2D eigenvalue weighted by atomic mass is 32.2. The van der Waals surface area contributed by atoms with Gasteiger partial charge in [-0.05, 0) is 70.0 Å². The Morgan fingerprint density at radius 2 is 1.85 bits per heavy atom. The molecular weight excluding hydrogens is 446 g/mol. The summed E-state index contributed by atoms with van der Waals surface area (Å²) in [4.78, 5) is 22.1. The molecule has 0 aliphatic rings. The van der Waals surface area contributed by atoms with Gasteiger partial charge < -0.3 is 10.1 Å². The highest BCUT2D eigenvalue weighted by Crippen LogP contribution is 2.24. The summed E-state index contributed by atoms with van der Waals surface area (Å²) in [6.07, 6.45) is 0.0932. The van der Waals surface area contributed by atoms with E-state index in [1.165, 1.54) is 11.8 Å². The zero-order valence-electron chi connectivity index (χ0n) is 20.1. The van der Waals surface area contributed by atoms with Crippen LogP contribution in [0.25, 0.3) is 5.78 Å². The summed E-state index contributed by atoms with van der Waals surface area (Å²) >= 11 is 1.49. The van der Waals surface area contributed by atoms with Crippen molar-refractivity contribution in [3.63, 3.8) is 0 Å². The number of benzene rings is 2. The van der Waals surface area contributed by atoms with E-state index in [0.717, 1.165) is 28.3 Å². The number of nitrogens with one attached hydrogen (secondary N) is 1. The Balaban J connectivity index is 1.46. The predicted molar refractivity (Wildman–Crippen MR) is 134 cm³/mol. The van der Waals surface area contributed by atoms with Crippen molar-refractivity contribution in [3.05, 3.63) is 82.7 Å². The topological polar surface area (TPSA) is 81.4 Å². The predicted octanol–water partition coefficient (Wildman–Crippen LogP) is 5.31. The largest absolute Gasteiger partial charge is 0.491 e. The summed E-state index contributed by atoms with van der Waals surface area (Å²) in [5, 5.41) is 8.30. The van der Waals surface area contributed by atoms with Crippen LogP contribution in [-0.4, -0.2) is 31.6 Å². The molecule has 0 bridgehead atoms. The van der Waals surface area contributed by atoms with Gasteiger partial charge in [-0.2, -0.15) is 4.98 Å². The Hall–Kier alpha value is -3.39. The number of amides is 1. The van der Waals surface area contributed by atoms with Gasteiger partial charge in [0, 0.05) is 22.7 Å². The van der Waals surface area contributed by atoms with Gasteiger partial charge in [-0.25, -0.2) is 9.50 Å². The second-order valence-corrected chi connectivity index (χ2v) is 9.47. The van der Waals surface area contributed by atoms with E-state index in [4.69, 9.17) is 4.74 Å². The number of thioether (sulfide) groups is 1. The van der Waals surface area contributed by atoms with Crippen LogP contribution in [-0.2, 0) is 5.75 Å². The first-order chi connectivity index (χ1) is 16.3. The summed E-state index contributed by atoms with van der Waals surface area (Å²) in [5.74, 6) is 1.84. The van der Waals surface area contributed by atoms with Crippen molar-refractivity contribution in [1.29, 1.82) is 0 Å². The second kappa shape index (κ2) is 10.3. The van der Waals surface area contributed by atoms with Crippen molar-refractivity contribution in [2.24, 2.45) is 0 Å². The monoisotopic (exact) mass is 475 g/mol. The van der Waals surface area contributed by atoms with Crippen LogP contribution in [0.15, 0.2) is 59.8 Å². The van der Waals surface area contributed by atoms with Crippen molar-refractivity contribution in [2.75, 3.05) is 0 Å². The maximum Gasteiger partial charge on any atom is 0.253 e. The normalized spacial score (nSPS) is 12.2. The molecule has 4 rings (SSSR count). The standard InChI is InChI=1S/C26H29N5O2S/c1-16(2)33-22-11-8-10-20(14-22)19(5)28-24(32)23-12-7-6-9-21(23)15-34-26-29-25-27-17(3)13-18(4)31(25)30-26/h6-14,16,19H,15H2,1-5H3,(H,28,32). The number of ether oxygens (including phenoxy) is 1. The summed E-state index contributed by atoms with van der Waals surface area (Å²) in [5.41, 5.74) is 4.45. The van der Waals surface area contributed by atoms with Crippen molar-refractivity contribution < 1.29 is 9.53 Å². The lowest BCUT2D eigenvalue weighted by Crippen LogP contribution is -2.27. The molecule has 8 heteroatoms. The van der Waals surface area contributed by atoms with Crippen molar-refractivity contribution in [2.45, 2.75) is 57.7 Å². The smallest absolute Gasteiger partial charge is 0.253 e. The van der Waals surface area contributed by atoms with E-state index in [-0.39, 0.29) is 18.1 Å². The van der Waals surface area contributed by atoms with Crippen LogP contribution in [0.1, 0.15) is 59.7 Å². The molecule has 34 heavy (non-hydrogen) atoms. The number of aromatic nitrogens is 4. The fraction of sp³-hybridized carbons (Fsp3) is 0.308. The van der Waals surface area contributed by atoms with Crippen LogP contribution >= 0.6 is 11.8 Å². The molecule has 1 N–H and O–H groups in total. The lowest BCUT2D eigenvalue weighted by atomic mass is 10.1. The van der Waals surface area contributed by atoms with Crippen molar-refractivity contribution in [1.82, 2.24) is 24.9 Å². The third-order valence-corrected chi connectivity index (χ3v) is 6.18. The SMILES string of the molecule is Cc1cc(C)n2nc(SCc3ccccc3C(=O)NC(C)c3cccc(OC(C)C)c3)nc2n1. The Morgan fingerprint density at radius 1 is 1.06 bits per heavy atom. The van der Waals surface area contributed by atoms with Crippen LogP contribution in [0.4, 0.5) is 0 Å². The minimum absolute atomic E-state index is 0.0932. The van der Waals surface area contributed by atoms with Crippen LogP contribution in [0.5, 0.6) is 5.75 Å². The fourth-order valence-electron chi connectivity index (χ4n) is 3.71. The molecular formula is C26H29N5O2S. The molecule has 0 saturated heterocycles. The Kier molecular flexibility index (Phi) is 7.17. The first-order valence-corrected chi connectivity index (χ1v) is 12.3. The molecule has 0 aliphatic carbocycles. The minimum atomic E-state index is -0.165. The van der Waals surface area contributed by atoms with Gasteiger partial charge in [0.25, 0.3) is 11.7 Å². The van der Waals surface area contributed by atoms with E-state index in [1.807, 2.05) is 89.2 Å². The number of fused-ring (bicyclic) bond motifs is 1.